The van der Waals surface area contributed by atoms with Crippen LogP contribution in [-0.2, 0) is 11.2 Å². The number of fused-ring (bicyclic) bond motifs is 1. The van der Waals surface area contributed by atoms with E-state index in [1.165, 1.54) is 10.1 Å². The molecule has 3 nitrogen and oxygen atoms in total. The van der Waals surface area contributed by atoms with E-state index < -0.39 is 11.9 Å². The molecule has 15 heavy (non-hydrogen) atoms. The third kappa shape index (κ3) is 2.00. The second kappa shape index (κ2) is 4.00. The molecule has 1 aromatic heterocycles. The Morgan fingerprint density at radius 1 is 1.40 bits per heavy atom. The predicted octanol–water partition coefficient (Wildman–Crippen LogP) is 1.26. The minimum Gasteiger partial charge on any atom is -0.368 e. The van der Waals surface area contributed by atoms with E-state index in [1.807, 2.05) is 23.6 Å². The fourth-order valence-electron chi connectivity index (χ4n) is 1.53. The van der Waals surface area contributed by atoms with E-state index >= 15 is 0 Å². The van der Waals surface area contributed by atoms with Gasteiger partial charge in [0.2, 0.25) is 5.91 Å². The predicted molar refractivity (Wildman–Crippen MR) is 62.7 cm³/mol. The molecule has 1 aromatic carbocycles. The number of carbonyl (C=O) groups is 1. The van der Waals surface area contributed by atoms with Gasteiger partial charge in [-0.05, 0) is 28.8 Å². The molecule has 0 bridgehead atoms. The molecule has 0 fully saturated rings. The summed E-state index contributed by atoms with van der Waals surface area (Å²) in [7, 11) is 0. The lowest BCUT2D eigenvalue weighted by Crippen LogP contribution is -2.38. The van der Waals surface area contributed by atoms with Crippen LogP contribution in [0.2, 0.25) is 0 Å². The van der Waals surface area contributed by atoms with Crippen LogP contribution in [0.25, 0.3) is 10.1 Å². The number of amides is 1. The molecule has 4 N–H and O–H groups in total. The minimum atomic E-state index is -0.594. The van der Waals surface area contributed by atoms with Crippen molar-refractivity contribution >= 4 is 27.3 Å². The zero-order valence-electron chi connectivity index (χ0n) is 8.14. The molecule has 0 radical (unpaired) electrons. The number of nitrogens with two attached hydrogens (primary N) is 2. The SMILES string of the molecule is NC(=O)[C@@H](N)Cc1csc2ccccc12. The number of hydrogen-bond donors (Lipinski definition) is 2. The first-order valence-corrected chi connectivity index (χ1v) is 5.56. The Morgan fingerprint density at radius 3 is 2.87 bits per heavy atom. The van der Waals surface area contributed by atoms with E-state index in [1.54, 1.807) is 11.3 Å². The van der Waals surface area contributed by atoms with Crippen molar-refractivity contribution in [2.24, 2.45) is 11.5 Å². The molecule has 0 aliphatic rings. The normalized spacial score (nSPS) is 12.9. The van der Waals surface area contributed by atoms with E-state index in [4.69, 9.17) is 11.5 Å². The summed E-state index contributed by atoms with van der Waals surface area (Å²) in [6.07, 6.45) is 0.513. The number of thiophene rings is 1. The van der Waals surface area contributed by atoms with Gasteiger partial charge in [0.15, 0.2) is 0 Å². The van der Waals surface area contributed by atoms with Crippen LogP contribution in [0, 0.1) is 0 Å². The van der Waals surface area contributed by atoms with Crippen LogP contribution in [-0.4, -0.2) is 11.9 Å². The van der Waals surface area contributed by atoms with Gasteiger partial charge in [0.25, 0.3) is 0 Å². The zero-order chi connectivity index (χ0) is 10.8. The summed E-state index contributed by atoms with van der Waals surface area (Å²) in [6.45, 7) is 0. The molecule has 0 spiro atoms. The van der Waals surface area contributed by atoms with Gasteiger partial charge in [-0.3, -0.25) is 4.79 Å². The van der Waals surface area contributed by atoms with Crippen molar-refractivity contribution in [3.8, 4) is 0 Å². The zero-order valence-corrected chi connectivity index (χ0v) is 8.96. The molecule has 0 saturated carbocycles. The summed E-state index contributed by atoms with van der Waals surface area (Å²) in [6, 6.07) is 7.47. The van der Waals surface area contributed by atoms with Gasteiger partial charge in [-0.15, -0.1) is 11.3 Å². The number of primary amides is 1. The monoisotopic (exact) mass is 220 g/mol. The van der Waals surface area contributed by atoms with Crippen LogP contribution in [0.1, 0.15) is 5.56 Å². The highest BCUT2D eigenvalue weighted by Gasteiger charge is 2.12. The van der Waals surface area contributed by atoms with Crippen molar-refractivity contribution in [1.29, 1.82) is 0 Å². The molecule has 1 heterocycles. The molecule has 2 rings (SSSR count). The van der Waals surface area contributed by atoms with Gasteiger partial charge in [-0.25, -0.2) is 0 Å². The van der Waals surface area contributed by atoms with Crippen molar-refractivity contribution in [2.45, 2.75) is 12.5 Å². The molecule has 0 saturated heterocycles. The molecule has 0 aliphatic heterocycles. The first-order chi connectivity index (χ1) is 7.18. The summed E-state index contributed by atoms with van der Waals surface area (Å²) in [5, 5.41) is 3.20. The maximum atomic E-state index is 10.9. The maximum absolute atomic E-state index is 10.9. The van der Waals surface area contributed by atoms with Gasteiger partial charge in [-0.1, -0.05) is 18.2 Å². The van der Waals surface area contributed by atoms with Crippen molar-refractivity contribution in [3.05, 3.63) is 35.2 Å². The lowest BCUT2D eigenvalue weighted by atomic mass is 10.1. The van der Waals surface area contributed by atoms with Crippen molar-refractivity contribution in [1.82, 2.24) is 0 Å². The third-order valence-electron chi connectivity index (χ3n) is 2.37. The molecule has 1 amide bonds. The molecule has 2 aromatic rings. The van der Waals surface area contributed by atoms with E-state index in [9.17, 15) is 4.79 Å². The van der Waals surface area contributed by atoms with Crippen LogP contribution in [0.15, 0.2) is 29.6 Å². The lowest BCUT2D eigenvalue weighted by molar-refractivity contribution is -0.119. The van der Waals surface area contributed by atoms with Crippen molar-refractivity contribution in [2.75, 3.05) is 0 Å². The lowest BCUT2D eigenvalue weighted by Gasteiger charge is -2.05. The van der Waals surface area contributed by atoms with Gasteiger partial charge in [0.1, 0.15) is 0 Å². The molecular weight excluding hydrogens is 208 g/mol. The molecule has 78 valence electrons. The minimum absolute atomic E-state index is 0.453. The Morgan fingerprint density at radius 2 is 2.13 bits per heavy atom. The van der Waals surface area contributed by atoms with Gasteiger partial charge in [-0.2, -0.15) is 0 Å². The van der Waals surface area contributed by atoms with Gasteiger partial charge < -0.3 is 11.5 Å². The highest BCUT2D eigenvalue weighted by atomic mass is 32.1. The Labute approximate surface area is 91.7 Å². The van der Waals surface area contributed by atoms with Gasteiger partial charge in [0, 0.05) is 4.70 Å². The number of carbonyl (C=O) groups excluding carboxylic acids is 1. The number of rotatable bonds is 3. The largest absolute Gasteiger partial charge is 0.368 e. The quantitative estimate of drug-likeness (QED) is 0.817. The van der Waals surface area contributed by atoms with Crippen molar-refractivity contribution < 1.29 is 4.79 Å². The first kappa shape index (κ1) is 10.1. The summed E-state index contributed by atoms with van der Waals surface area (Å²) >= 11 is 1.66. The van der Waals surface area contributed by atoms with Gasteiger partial charge >= 0.3 is 0 Å². The van der Waals surface area contributed by atoms with E-state index in [2.05, 4.69) is 6.07 Å². The highest BCUT2D eigenvalue weighted by molar-refractivity contribution is 7.17. The summed E-state index contributed by atoms with van der Waals surface area (Å²) in [5.74, 6) is -0.453. The Hall–Kier alpha value is -1.39. The third-order valence-corrected chi connectivity index (χ3v) is 3.38. The van der Waals surface area contributed by atoms with Gasteiger partial charge in [0.05, 0.1) is 6.04 Å². The average molecular weight is 220 g/mol. The second-order valence-corrected chi connectivity index (χ2v) is 4.38. The summed E-state index contributed by atoms with van der Waals surface area (Å²) in [5.41, 5.74) is 11.9. The van der Waals surface area contributed by atoms with Crippen LogP contribution >= 0.6 is 11.3 Å². The smallest absolute Gasteiger partial charge is 0.234 e. The Balaban J connectivity index is 2.32. The first-order valence-electron chi connectivity index (χ1n) is 4.68. The van der Waals surface area contributed by atoms with E-state index in [-0.39, 0.29) is 0 Å². The Kier molecular flexibility index (Phi) is 2.70. The second-order valence-electron chi connectivity index (χ2n) is 3.47. The molecule has 0 unspecified atom stereocenters. The molecular formula is C11H12N2OS. The number of benzene rings is 1. The van der Waals surface area contributed by atoms with Crippen LogP contribution < -0.4 is 11.5 Å². The van der Waals surface area contributed by atoms with E-state index in [0.717, 1.165) is 5.56 Å². The molecule has 0 aliphatic carbocycles. The van der Waals surface area contributed by atoms with E-state index in [0.29, 0.717) is 6.42 Å². The summed E-state index contributed by atoms with van der Waals surface area (Å²) in [4.78, 5) is 10.9. The topological polar surface area (TPSA) is 69.1 Å². The fraction of sp³-hybridized carbons (Fsp3) is 0.182. The molecule has 1 atom stereocenters. The van der Waals surface area contributed by atoms with Crippen LogP contribution in [0.3, 0.4) is 0 Å². The van der Waals surface area contributed by atoms with Crippen molar-refractivity contribution in [3.63, 3.8) is 0 Å². The summed E-state index contributed by atoms with van der Waals surface area (Å²) < 4.78 is 1.21. The standard InChI is InChI=1S/C11H12N2OS/c12-9(11(13)14)5-7-6-15-10-4-2-1-3-8(7)10/h1-4,6,9H,5,12H2,(H2,13,14)/t9-/m0/s1. The average Bonchev–Trinajstić information content (AvgIpc) is 2.62. The molecule has 4 heteroatoms. The van der Waals surface area contributed by atoms with Crippen LogP contribution in [0.5, 0.6) is 0 Å². The maximum Gasteiger partial charge on any atom is 0.234 e. The Bertz CT molecular complexity index is 492. The fourth-order valence-corrected chi connectivity index (χ4v) is 2.50. The van der Waals surface area contributed by atoms with Crippen LogP contribution in [0.4, 0.5) is 0 Å². The highest BCUT2D eigenvalue weighted by Crippen LogP contribution is 2.26. The number of hydrogen-bond acceptors (Lipinski definition) is 3.